The van der Waals surface area contributed by atoms with E-state index < -0.39 is 48.4 Å². The van der Waals surface area contributed by atoms with Gasteiger partial charge in [-0.15, -0.1) is 0 Å². The molecule has 0 heterocycles. The van der Waals surface area contributed by atoms with Crippen molar-refractivity contribution >= 4 is 23.7 Å². The molecule has 2 N–H and O–H groups in total. The highest BCUT2D eigenvalue weighted by Crippen LogP contribution is 2.30. The van der Waals surface area contributed by atoms with Crippen LogP contribution in [0.4, 0.5) is 4.79 Å². The molecular formula is C34H47N3O7. The highest BCUT2D eigenvalue weighted by Gasteiger charge is 2.36. The van der Waals surface area contributed by atoms with Gasteiger partial charge in [-0.1, -0.05) is 48.5 Å². The zero-order valence-electron chi connectivity index (χ0n) is 26.8. The second-order valence-electron chi connectivity index (χ2n) is 12.5. The molecule has 10 nitrogen and oxygen atoms in total. The monoisotopic (exact) mass is 609 g/mol. The number of hydrogen-bond acceptors (Lipinski definition) is 7. The summed E-state index contributed by atoms with van der Waals surface area (Å²) in [5.41, 5.74) is 3.26. The van der Waals surface area contributed by atoms with Crippen LogP contribution >= 0.6 is 0 Å². The third kappa shape index (κ3) is 10.7. The van der Waals surface area contributed by atoms with Crippen molar-refractivity contribution < 1.29 is 33.8 Å². The van der Waals surface area contributed by atoms with Gasteiger partial charge >= 0.3 is 6.09 Å². The normalized spacial score (nSPS) is 14.3. The maximum Gasteiger partial charge on any atom is 0.408 e. The van der Waals surface area contributed by atoms with Gasteiger partial charge in [0.1, 0.15) is 17.4 Å². The lowest BCUT2D eigenvalue weighted by molar-refractivity contribution is -0.140. The van der Waals surface area contributed by atoms with Gasteiger partial charge in [0.2, 0.25) is 11.8 Å². The molecule has 0 aromatic heterocycles. The van der Waals surface area contributed by atoms with Gasteiger partial charge in [-0.2, -0.15) is 0 Å². The number of alkyl carbamates (subject to hydrolysis) is 1. The van der Waals surface area contributed by atoms with Crippen molar-refractivity contribution in [2.45, 2.75) is 97.2 Å². The van der Waals surface area contributed by atoms with Gasteiger partial charge in [-0.25, -0.2) is 4.79 Å². The SMILES string of the molecule is COC(CO)CN(Cc1ccccc1)C(=O)[C@@H](CC(=O)CC(=O)N(Cc1cccc(C)c1C)C1CC1)NC(=O)OC(C)(C)C. The van der Waals surface area contributed by atoms with E-state index in [1.54, 1.807) is 25.7 Å². The molecule has 44 heavy (non-hydrogen) atoms. The van der Waals surface area contributed by atoms with Gasteiger partial charge in [-0.3, -0.25) is 14.4 Å². The van der Waals surface area contributed by atoms with Crippen LogP contribution in [0.15, 0.2) is 48.5 Å². The van der Waals surface area contributed by atoms with Gasteiger partial charge in [0.15, 0.2) is 0 Å². The van der Waals surface area contributed by atoms with E-state index in [0.29, 0.717) is 6.54 Å². The van der Waals surface area contributed by atoms with Crippen molar-refractivity contribution in [3.8, 4) is 0 Å². The van der Waals surface area contributed by atoms with E-state index in [-0.39, 0.29) is 31.6 Å². The Morgan fingerprint density at radius 2 is 1.68 bits per heavy atom. The number of aliphatic hydroxyl groups excluding tert-OH is 1. The number of aryl methyl sites for hydroxylation is 1. The summed E-state index contributed by atoms with van der Waals surface area (Å²) in [6, 6.07) is 14.0. The minimum atomic E-state index is -1.29. The minimum Gasteiger partial charge on any atom is -0.444 e. The lowest BCUT2D eigenvalue weighted by atomic mass is 10.0. The Kier molecular flexibility index (Phi) is 12.5. The number of ether oxygens (including phenoxy) is 2. The number of methoxy groups -OCH3 is 1. The molecule has 1 saturated carbocycles. The number of carbonyl (C=O) groups is 4. The molecule has 2 aromatic carbocycles. The molecule has 0 saturated heterocycles. The number of rotatable bonds is 15. The van der Waals surface area contributed by atoms with E-state index in [0.717, 1.165) is 35.1 Å². The van der Waals surface area contributed by atoms with Gasteiger partial charge in [0.25, 0.3) is 0 Å². The molecule has 0 bridgehead atoms. The van der Waals surface area contributed by atoms with Gasteiger partial charge in [-0.05, 0) is 69.7 Å². The van der Waals surface area contributed by atoms with Crippen LogP contribution in [0, 0.1) is 13.8 Å². The first-order chi connectivity index (χ1) is 20.8. The Balaban J connectivity index is 1.81. The molecule has 2 atom stereocenters. The molecule has 240 valence electrons. The lowest BCUT2D eigenvalue weighted by Gasteiger charge is -2.31. The molecule has 10 heteroatoms. The molecule has 3 rings (SSSR count). The summed E-state index contributed by atoms with van der Waals surface area (Å²) in [6.07, 6.45) is -0.558. The standard InChI is InChI=1S/C34H47N3O7/c1-23-11-10-14-26(24(23)2)20-37(27-15-16-27)31(40)18-28(39)17-30(35-33(42)44-34(3,4)5)32(41)36(21-29(22-38)43-6)19-25-12-8-7-9-13-25/h7-14,27,29-30,38H,15-22H2,1-6H3,(H,35,42)/t29?,30-/m1/s1. The summed E-state index contributed by atoms with van der Waals surface area (Å²) in [5.74, 6) is -1.32. The number of hydrogen-bond donors (Lipinski definition) is 2. The van der Waals surface area contributed by atoms with E-state index >= 15 is 0 Å². The topological polar surface area (TPSA) is 125 Å². The van der Waals surface area contributed by atoms with Crippen LogP contribution in [0.1, 0.15) is 68.7 Å². The van der Waals surface area contributed by atoms with Crippen LogP contribution in [0.3, 0.4) is 0 Å². The average molecular weight is 610 g/mol. The summed E-state index contributed by atoms with van der Waals surface area (Å²) in [5, 5.41) is 12.3. The first-order valence-corrected chi connectivity index (χ1v) is 15.1. The second kappa shape index (κ2) is 15.8. The predicted octanol–water partition coefficient (Wildman–Crippen LogP) is 4.07. The Hall–Kier alpha value is -3.76. The first-order valence-electron chi connectivity index (χ1n) is 15.1. The van der Waals surface area contributed by atoms with Crippen molar-refractivity contribution in [1.82, 2.24) is 15.1 Å². The summed E-state index contributed by atoms with van der Waals surface area (Å²) >= 11 is 0. The second-order valence-corrected chi connectivity index (χ2v) is 12.5. The smallest absolute Gasteiger partial charge is 0.408 e. The fraction of sp³-hybridized carbons (Fsp3) is 0.529. The van der Waals surface area contributed by atoms with E-state index in [4.69, 9.17) is 9.47 Å². The van der Waals surface area contributed by atoms with E-state index in [2.05, 4.69) is 5.32 Å². The number of carbonyl (C=O) groups excluding carboxylic acids is 4. The third-order valence-corrected chi connectivity index (χ3v) is 7.62. The summed E-state index contributed by atoms with van der Waals surface area (Å²) < 4.78 is 10.7. The van der Waals surface area contributed by atoms with E-state index in [1.165, 1.54) is 12.0 Å². The van der Waals surface area contributed by atoms with Gasteiger partial charge in [0, 0.05) is 39.2 Å². The van der Waals surface area contributed by atoms with Crippen LogP contribution in [-0.2, 0) is 36.9 Å². The number of aliphatic hydroxyl groups is 1. The van der Waals surface area contributed by atoms with Gasteiger partial charge < -0.3 is 29.7 Å². The Morgan fingerprint density at radius 1 is 1.00 bits per heavy atom. The molecule has 1 aliphatic carbocycles. The molecule has 1 unspecified atom stereocenters. The highest BCUT2D eigenvalue weighted by atomic mass is 16.6. The predicted molar refractivity (Wildman–Crippen MR) is 167 cm³/mol. The summed E-state index contributed by atoms with van der Waals surface area (Å²) in [4.78, 5) is 56.8. The fourth-order valence-corrected chi connectivity index (χ4v) is 4.90. The quantitative estimate of drug-likeness (QED) is 0.292. The minimum absolute atomic E-state index is 0.0195. The van der Waals surface area contributed by atoms with Crippen molar-refractivity contribution in [2.24, 2.45) is 0 Å². The van der Waals surface area contributed by atoms with Crippen LogP contribution in [0.5, 0.6) is 0 Å². The largest absolute Gasteiger partial charge is 0.444 e. The number of ketones is 1. The number of Topliss-reactive ketones (excluding diaryl/α,β-unsaturated/α-hetero) is 1. The van der Waals surface area contributed by atoms with Crippen LogP contribution in [0.2, 0.25) is 0 Å². The molecule has 0 aliphatic heterocycles. The molecular weight excluding hydrogens is 562 g/mol. The van der Waals surface area contributed by atoms with Crippen LogP contribution in [0.25, 0.3) is 0 Å². The number of benzene rings is 2. The molecule has 2 aromatic rings. The molecule has 1 aliphatic rings. The lowest BCUT2D eigenvalue weighted by Crippen LogP contribution is -2.52. The number of nitrogens with one attached hydrogen (secondary N) is 1. The third-order valence-electron chi connectivity index (χ3n) is 7.62. The average Bonchev–Trinajstić information content (AvgIpc) is 3.80. The summed E-state index contributed by atoms with van der Waals surface area (Å²) in [7, 11) is 1.43. The zero-order chi connectivity index (χ0) is 32.4. The van der Waals surface area contributed by atoms with Crippen molar-refractivity contribution in [3.05, 3.63) is 70.8 Å². The summed E-state index contributed by atoms with van der Waals surface area (Å²) in [6.45, 7) is 9.39. The van der Waals surface area contributed by atoms with E-state index in [1.807, 2.05) is 62.4 Å². The van der Waals surface area contributed by atoms with Crippen molar-refractivity contribution in [3.63, 3.8) is 0 Å². The van der Waals surface area contributed by atoms with Crippen molar-refractivity contribution in [1.29, 1.82) is 0 Å². The van der Waals surface area contributed by atoms with Crippen molar-refractivity contribution in [2.75, 3.05) is 20.3 Å². The number of amides is 3. The Labute approximate surface area is 260 Å². The Bertz CT molecular complexity index is 1280. The maximum atomic E-state index is 14.0. The molecule has 1 fully saturated rings. The fourth-order valence-electron chi connectivity index (χ4n) is 4.90. The Morgan fingerprint density at radius 3 is 2.27 bits per heavy atom. The number of nitrogens with zero attached hydrogens (tertiary/aromatic N) is 2. The van der Waals surface area contributed by atoms with Crippen LogP contribution < -0.4 is 5.32 Å². The first kappa shape index (κ1) is 34.7. The van der Waals surface area contributed by atoms with E-state index in [9.17, 15) is 24.3 Å². The van der Waals surface area contributed by atoms with Gasteiger partial charge in [0.05, 0.1) is 19.1 Å². The molecule has 0 radical (unpaired) electrons. The zero-order valence-corrected chi connectivity index (χ0v) is 26.8. The van der Waals surface area contributed by atoms with Crippen LogP contribution in [-0.4, -0.2) is 82.6 Å². The molecule has 0 spiro atoms. The molecule has 3 amide bonds. The maximum absolute atomic E-state index is 14.0. The highest BCUT2D eigenvalue weighted by molar-refractivity contribution is 6.01.